The van der Waals surface area contributed by atoms with Gasteiger partial charge >= 0.3 is 0 Å². The zero-order chi connectivity index (χ0) is 75.1. The average molecular weight is 1130 g/mol. The molecule has 0 amide bonds. The minimum atomic E-state index is -0.892. The first-order valence-electron chi connectivity index (χ1n) is 38.7. The Balaban J connectivity index is 1.14. The number of fused-ring (bicyclic) bond motifs is 12. The van der Waals surface area contributed by atoms with E-state index in [1.807, 2.05) is 104 Å². The normalized spacial score (nSPS) is 19.3. The highest BCUT2D eigenvalue weighted by Crippen LogP contribution is 2.53. The average Bonchev–Trinajstić information content (AvgIpc) is 1.45. The first-order valence-corrected chi connectivity index (χ1v) is 29.2. The fourth-order valence-corrected chi connectivity index (χ4v) is 13.1. The Morgan fingerprint density at radius 3 is 1.76 bits per heavy atom. The van der Waals surface area contributed by atoms with Crippen molar-refractivity contribution in [2.75, 3.05) is 0 Å². The SMILES string of the molecule is [2H]c1c([2H])c([2H])c2c(c1[2H])-c1c([2H])c([2H])c([2H])c([2H])c1-c1c([2H])c([2H])c([2H])c3c1[n+]([c-]n3-c1cccc(Oc3ccc4c5ccccc5n(-c5cc(C(C)(C)C)ccn5)c4c3)c1)-c1c(-c3c([2H])c([2H])c4c(c3[2H])C(C)(C)CCC4(C)C)c([2H])c([2H])c(-c3c([2H])c([2H])c4c(c3[2H])C(C)(C)CCC4(C)C)c1-2. The Labute approximate surface area is 528 Å². The molecule has 5 heteroatoms. The lowest BCUT2D eigenvalue weighted by Crippen LogP contribution is -2.34. The largest absolute Gasteiger partial charge is 0.458 e. The predicted molar refractivity (Wildman–Crippen MR) is 352 cm³/mol. The molecule has 2 aliphatic carbocycles. The zero-order valence-electron chi connectivity index (χ0n) is 68.6. The number of rotatable bonds is 6. The lowest BCUT2D eigenvalue weighted by Gasteiger charge is -2.42. The third kappa shape index (κ3) is 8.46. The van der Waals surface area contributed by atoms with Gasteiger partial charge in [0.25, 0.3) is 6.33 Å². The molecule has 1 aliphatic heterocycles. The van der Waals surface area contributed by atoms with Crippen molar-refractivity contribution >= 4 is 32.8 Å². The number of pyridine rings is 1. The van der Waals surface area contributed by atoms with Crippen molar-refractivity contribution in [3.63, 3.8) is 0 Å². The quantitative estimate of drug-likeness (QED) is 0.123. The van der Waals surface area contributed by atoms with Gasteiger partial charge in [0.15, 0.2) is 0 Å². The fraction of sp³-hybridized carbons (Fsp3) is 0.250. The molecule has 3 aromatic heterocycles. The Bertz CT molecular complexity index is 5900. The standard InChI is InChI=1S/C80H74N4O/c1-76(2,3)52-38-43-81-72(46-52)84-69-28-17-16-25-61(69)62-33-32-55(48-71(62)84)85-54-21-18-20-53(47-54)82-49-83-74-64(27-19-29-70(74)82)60-24-13-12-22-58(60)59-23-14-15-26-63(59)73-56(50-30-36-65-67(44-50)79(8,9)41-39-77(65,4)5)34-35-57(75(73)83)51-31-37-66-68(45-51)80(10,11)42-40-78(66,6)7/h12-38,43-48H,39-42H2,1-11H3/i12D,13D,14D,15D,19D,22D,23D,24D,26D,27D,29D,30D,31D,34D,35D,36D,37D,44D,45D. The Kier molecular flexibility index (Phi) is 8.01. The summed E-state index contributed by atoms with van der Waals surface area (Å²) >= 11 is 0. The van der Waals surface area contributed by atoms with Crippen LogP contribution in [0.5, 0.6) is 11.5 Å². The molecule has 0 unspecified atom stereocenters. The molecule has 5 nitrogen and oxygen atoms in total. The Morgan fingerprint density at radius 2 is 1.08 bits per heavy atom. The Morgan fingerprint density at radius 1 is 0.506 bits per heavy atom. The molecule has 0 N–H and O–H groups in total. The summed E-state index contributed by atoms with van der Waals surface area (Å²) in [7, 11) is 0. The number of ether oxygens (including phenoxy) is 1. The van der Waals surface area contributed by atoms with E-state index in [4.69, 9.17) is 9.72 Å². The topological polar surface area (TPSA) is 35.9 Å². The van der Waals surface area contributed by atoms with Crippen molar-refractivity contribution in [2.45, 2.75) is 129 Å². The van der Waals surface area contributed by atoms with E-state index in [2.05, 4.69) is 37.7 Å². The van der Waals surface area contributed by atoms with Crippen LogP contribution in [0.4, 0.5) is 0 Å². The van der Waals surface area contributed by atoms with Crippen LogP contribution in [0, 0.1) is 6.33 Å². The van der Waals surface area contributed by atoms with Crippen LogP contribution in [0.3, 0.4) is 0 Å². The summed E-state index contributed by atoms with van der Waals surface area (Å²) in [4.78, 5) is 4.87. The van der Waals surface area contributed by atoms with Crippen LogP contribution < -0.4 is 9.30 Å². The van der Waals surface area contributed by atoms with E-state index in [9.17, 15) is 26.0 Å². The summed E-state index contributed by atoms with van der Waals surface area (Å²) in [5, 5.41) is 1.90. The molecule has 4 heterocycles. The number of hydrogen-bond acceptors (Lipinski definition) is 2. The van der Waals surface area contributed by atoms with Crippen LogP contribution >= 0.6 is 0 Å². The summed E-state index contributed by atoms with van der Waals surface area (Å²) < 4.78 is 204. The summed E-state index contributed by atoms with van der Waals surface area (Å²) in [6.45, 7) is 21.7. The third-order valence-corrected chi connectivity index (χ3v) is 18.2. The highest BCUT2D eigenvalue weighted by molar-refractivity contribution is 6.10. The van der Waals surface area contributed by atoms with Crippen LogP contribution in [0.25, 0.3) is 106 Å². The van der Waals surface area contributed by atoms with Gasteiger partial charge in [0.05, 0.1) is 59.5 Å². The van der Waals surface area contributed by atoms with Gasteiger partial charge < -0.3 is 4.74 Å². The second kappa shape index (κ2) is 18.9. The van der Waals surface area contributed by atoms with Crippen LogP contribution in [-0.2, 0) is 27.1 Å². The van der Waals surface area contributed by atoms with Gasteiger partial charge in [0.1, 0.15) is 17.3 Å². The number of imidazole rings is 1. The number of aromatic nitrogens is 4. The van der Waals surface area contributed by atoms with Crippen molar-refractivity contribution in [3.05, 3.63) is 234 Å². The first kappa shape index (κ1) is 36.1. The van der Waals surface area contributed by atoms with E-state index in [1.54, 1.807) is 30.5 Å². The minimum Gasteiger partial charge on any atom is -0.458 e. The molecule has 9 aromatic carbocycles. The number of hydrogen-bond donors (Lipinski definition) is 0. The van der Waals surface area contributed by atoms with Crippen LogP contribution in [0.1, 0.15) is 156 Å². The van der Waals surface area contributed by atoms with E-state index < -0.39 is 174 Å². The van der Waals surface area contributed by atoms with Crippen molar-refractivity contribution in [1.82, 2.24) is 14.1 Å². The van der Waals surface area contributed by atoms with Crippen molar-refractivity contribution in [2.24, 2.45) is 0 Å². The second-order valence-electron chi connectivity index (χ2n) is 26.8. The molecule has 0 bridgehead atoms. The summed E-state index contributed by atoms with van der Waals surface area (Å²) in [5.41, 5.74) is -5.28. The van der Waals surface area contributed by atoms with Crippen LogP contribution in [0.2, 0.25) is 0 Å². The maximum absolute atomic E-state index is 10.8. The van der Waals surface area contributed by atoms with Crippen molar-refractivity contribution in [1.29, 1.82) is 0 Å². The summed E-state index contributed by atoms with van der Waals surface area (Å²) in [6, 6.07) is 11.2. The highest BCUT2D eigenvalue weighted by Gasteiger charge is 2.40. The number of nitrogens with zero attached hydrogens (tertiary/aromatic N) is 4. The summed E-state index contributed by atoms with van der Waals surface area (Å²) in [5.74, 6) is 1.31. The molecule has 0 saturated carbocycles. The molecular weight excluding hydrogens is 1030 g/mol. The Hall–Kier alpha value is -8.80. The summed E-state index contributed by atoms with van der Waals surface area (Å²) in [6.07, 6.45) is 7.32. The second-order valence-corrected chi connectivity index (χ2v) is 26.8. The monoisotopic (exact) mass is 1130 g/mol. The molecule has 3 aliphatic rings. The number of benzene rings is 9. The molecule has 0 atom stereocenters. The molecule has 15 rings (SSSR count). The van der Waals surface area contributed by atoms with Gasteiger partial charge in [0, 0.05) is 28.6 Å². The molecule has 0 saturated heterocycles. The number of para-hydroxylation sites is 2. The lowest BCUT2D eigenvalue weighted by molar-refractivity contribution is -0.570. The molecule has 0 radical (unpaired) electrons. The third-order valence-electron chi connectivity index (χ3n) is 18.2. The van der Waals surface area contributed by atoms with Crippen LogP contribution in [-0.4, -0.2) is 14.1 Å². The molecule has 0 spiro atoms. The molecule has 0 fully saturated rings. The fourth-order valence-electron chi connectivity index (χ4n) is 13.1. The van der Waals surface area contributed by atoms with E-state index in [0.29, 0.717) is 59.5 Å². The van der Waals surface area contributed by atoms with Gasteiger partial charge in [-0.05, 0) is 179 Å². The first-order chi connectivity index (χ1) is 48.7. The van der Waals surface area contributed by atoms with Gasteiger partial charge in [-0.1, -0.05) is 215 Å². The van der Waals surface area contributed by atoms with Gasteiger partial charge in [-0.3, -0.25) is 13.7 Å². The predicted octanol–water partition coefficient (Wildman–Crippen LogP) is 20.6. The van der Waals surface area contributed by atoms with Gasteiger partial charge in [0.2, 0.25) is 0 Å². The highest BCUT2D eigenvalue weighted by atomic mass is 16.5. The van der Waals surface area contributed by atoms with E-state index in [0.717, 1.165) is 27.4 Å². The van der Waals surface area contributed by atoms with E-state index in [1.165, 1.54) is 9.13 Å². The molecule has 420 valence electrons. The molecule has 85 heavy (non-hydrogen) atoms. The minimum absolute atomic E-state index is 0.163. The van der Waals surface area contributed by atoms with E-state index in [-0.39, 0.29) is 52.1 Å². The van der Waals surface area contributed by atoms with Gasteiger partial charge in [-0.2, -0.15) is 0 Å². The van der Waals surface area contributed by atoms with Crippen LogP contribution in [0.15, 0.2) is 200 Å². The lowest BCUT2D eigenvalue weighted by atomic mass is 9.62. The molecule has 12 aromatic rings. The van der Waals surface area contributed by atoms with Gasteiger partial charge in [-0.15, -0.1) is 0 Å². The molecular formula is C80H74N4O. The van der Waals surface area contributed by atoms with Crippen molar-refractivity contribution < 1.29 is 35.3 Å². The maximum Gasteiger partial charge on any atom is 0.269 e. The van der Waals surface area contributed by atoms with Gasteiger partial charge in [-0.25, -0.2) is 4.98 Å². The smallest absolute Gasteiger partial charge is 0.269 e. The van der Waals surface area contributed by atoms with Crippen molar-refractivity contribution in [3.8, 4) is 84.3 Å². The van der Waals surface area contributed by atoms with E-state index >= 15 is 0 Å². The maximum atomic E-state index is 10.8. The zero-order valence-corrected chi connectivity index (χ0v) is 49.6.